The number of nitrogens with zero attached hydrogens (tertiary/aromatic N) is 2. The van der Waals surface area contributed by atoms with Gasteiger partial charge in [-0.1, -0.05) is 44.0 Å². The van der Waals surface area contributed by atoms with Gasteiger partial charge >= 0.3 is 6.03 Å². The normalized spacial score (nSPS) is 19.7. The summed E-state index contributed by atoms with van der Waals surface area (Å²) in [6, 6.07) is 12.6. The summed E-state index contributed by atoms with van der Waals surface area (Å²) in [6.07, 6.45) is 2.94. The second-order valence-corrected chi connectivity index (χ2v) is 10.3. The first-order chi connectivity index (χ1) is 17.8. The molecule has 0 aliphatic carbocycles. The zero-order valence-electron chi connectivity index (χ0n) is 22.1. The van der Waals surface area contributed by atoms with Gasteiger partial charge in [-0.15, -0.1) is 0 Å². The molecule has 2 aromatic carbocycles. The topological polar surface area (TPSA) is 83.1 Å². The van der Waals surface area contributed by atoms with Crippen LogP contribution >= 0.6 is 11.6 Å². The zero-order chi connectivity index (χ0) is 26.6. The van der Waals surface area contributed by atoms with Crippen LogP contribution in [0, 0.1) is 5.92 Å². The number of anilines is 1. The van der Waals surface area contributed by atoms with Gasteiger partial charge in [-0.2, -0.15) is 0 Å². The van der Waals surface area contributed by atoms with Crippen LogP contribution in [0.3, 0.4) is 0 Å². The van der Waals surface area contributed by atoms with E-state index in [1.807, 2.05) is 35.2 Å². The van der Waals surface area contributed by atoms with E-state index in [2.05, 4.69) is 24.5 Å². The van der Waals surface area contributed by atoms with Gasteiger partial charge < -0.3 is 24.6 Å². The molecule has 2 aromatic rings. The molecule has 37 heavy (non-hydrogen) atoms. The molecule has 8 nitrogen and oxygen atoms in total. The van der Waals surface area contributed by atoms with Crippen LogP contribution in [0.1, 0.15) is 38.7 Å². The van der Waals surface area contributed by atoms with Crippen molar-refractivity contribution in [3.8, 4) is 11.5 Å². The van der Waals surface area contributed by atoms with Gasteiger partial charge in [0.2, 0.25) is 5.91 Å². The Kier molecular flexibility index (Phi) is 8.49. The molecule has 2 aliphatic rings. The van der Waals surface area contributed by atoms with Crippen molar-refractivity contribution in [2.45, 2.75) is 51.2 Å². The van der Waals surface area contributed by atoms with Crippen LogP contribution in [0.5, 0.6) is 11.5 Å². The van der Waals surface area contributed by atoms with Crippen molar-refractivity contribution in [2.24, 2.45) is 5.92 Å². The number of amides is 3. The zero-order valence-corrected chi connectivity index (χ0v) is 22.8. The summed E-state index contributed by atoms with van der Waals surface area (Å²) in [7, 11) is 3.24. The highest BCUT2D eigenvalue weighted by Crippen LogP contribution is 2.36. The van der Waals surface area contributed by atoms with Crippen molar-refractivity contribution in [3.63, 3.8) is 0 Å². The molecule has 2 N–H and O–H groups in total. The standard InChI is InChI=1S/C28H37ClN4O4/c1-5-19(2)25-26(34)33(14-11-20-9-10-23(36-3)24(17-20)37-4)28(31-25)12-15-32(16-13-28)27(35)30-22-8-6-7-21(29)18-22/h6-10,17-19,25,31H,5,11-16H2,1-4H3,(H,30,35)/t19-,25+/m0/s1. The largest absolute Gasteiger partial charge is 0.493 e. The number of rotatable bonds is 8. The molecular formula is C28H37ClN4O4. The Morgan fingerprint density at radius 1 is 1.16 bits per heavy atom. The minimum atomic E-state index is -0.464. The van der Waals surface area contributed by atoms with E-state index in [9.17, 15) is 9.59 Å². The first-order valence-electron chi connectivity index (χ1n) is 12.9. The fraction of sp³-hybridized carbons (Fsp3) is 0.500. The molecule has 3 amide bonds. The van der Waals surface area contributed by atoms with Crippen molar-refractivity contribution < 1.29 is 19.1 Å². The Morgan fingerprint density at radius 3 is 2.54 bits per heavy atom. The van der Waals surface area contributed by atoms with Crippen LogP contribution in [0.15, 0.2) is 42.5 Å². The maximum Gasteiger partial charge on any atom is 0.321 e. The molecule has 2 aliphatic heterocycles. The molecule has 0 unspecified atom stereocenters. The van der Waals surface area contributed by atoms with E-state index in [0.717, 1.165) is 12.0 Å². The number of hydrogen-bond donors (Lipinski definition) is 2. The van der Waals surface area contributed by atoms with Gasteiger partial charge in [0.05, 0.1) is 25.9 Å². The first kappa shape index (κ1) is 27.1. The number of benzene rings is 2. The van der Waals surface area contributed by atoms with Crippen LogP contribution in [0.2, 0.25) is 5.02 Å². The van der Waals surface area contributed by atoms with Gasteiger partial charge in [-0.3, -0.25) is 10.1 Å². The van der Waals surface area contributed by atoms with Crippen LogP contribution in [0.4, 0.5) is 10.5 Å². The highest BCUT2D eigenvalue weighted by molar-refractivity contribution is 6.30. The first-order valence-corrected chi connectivity index (χ1v) is 13.3. The molecule has 0 radical (unpaired) electrons. The number of methoxy groups -OCH3 is 2. The molecule has 0 aromatic heterocycles. The molecule has 2 fully saturated rings. The van der Waals surface area contributed by atoms with Crippen LogP contribution in [-0.4, -0.2) is 67.3 Å². The lowest BCUT2D eigenvalue weighted by molar-refractivity contribution is -0.133. The van der Waals surface area contributed by atoms with Gasteiger partial charge in [0.25, 0.3) is 0 Å². The number of hydrogen-bond acceptors (Lipinski definition) is 5. The van der Waals surface area contributed by atoms with E-state index in [4.69, 9.17) is 21.1 Å². The molecule has 200 valence electrons. The number of likely N-dealkylation sites (tertiary alicyclic amines) is 1. The Balaban J connectivity index is 1.47. The van der Waals surface area contributed by atoms with Crippen molar-refractivity contribution in [2.75, 3.05) is 39.2 Å². The van der Waals surface area contributed by atoms with Crippen LogP contribution in [0.25, 0.3) is 0 Å². The molecule has 4 rings (SSSR count). The summed E-state index contributed by atoms with van der Waals surface area (Å²) in [5, 5.41) is 7.21. The summed E-state index contributed by atoms with van der Waals surface area (Å²) in [4.78, 5) is 30.4. The van der Waals surface area contributed by atoms with Gasteiger partial charge in [-0.05, 0) is 48.2 Å². The number of halogens is 1. The molecular weight excluding hydrogens is 492 g/mol. The predicted octanol–water partition coefficient (Wildman–Crippen LogP) is 4.77. The van der Waals surface area contributed by atoms with E-state index in [1.165, 1.54) is 0 Å². The minimum absolute atomic E-state index is 0.145. The molecule has 2 atom stereocenters. The number of urea groups is 1. The maximum atomic E-state index is 13.6. The summed E-state index contributed by atoms with van der Waals surface area (Å²) in [5.41, 5.74) is 1.28. The Labute approximate surface area is 224 Å². The Hall–Kier alpha value is -2.97. The molecule has 1 spiro atoms. The highest BCUT2D eigenvalue weighted by Gasteiger charge is 2.52. The molecule has 9 heteroatoms. The van der Waals surface area contributed by atoms with Gasteiger partial charge in [0.15, 0.2) is 11.5 Å². The lowest BCUT2D eigenvalue weighted by Crippen LogP contribution is -2.60. The van der Waals surface area contributed by atoms with E-state index in [0.29, 0.717) is 61.1 Å². The van der Waals surface area contributed by atoms with E-state index < -0.39 is 5.66 Å². The van der Waals surface area contributed by atoms with Crippen molar-refractivity contribution in [1.29, 1.82) is 0 Å². The molecule has 0 bridgehead atoms. The van der Waals surface area contributed by atoms with Crippen molar-refractivity contribution in [3.05, 3.63) is 53.1 Å². The molecule has 2 heterocycles. The third-order valence-electron chi connectivity index (χ3n) is 7.71. The summed E-state index contributed by atoms with van der Waals surface area (Å²) >= 11 is 6.06. The lowest BCUT2D eigenvalue weighted by atomic mass is 9.95. The highest BCUT2D eigenvalue weighted by atomic mass is 35.5. The van der Waals surface area contributed by atoms with E-state index in [-0.39, 0.29) is 23.9 Å². The summed E-state index contributed by atoms with van der Waals surface area (Å²) < 4.78 is 10.8. The van der Waals surface area contributed by atoms with Crippen molar-refractivity contribution >= 4 is 29.2 Å². The number of ether oxygens (including phenoxy) is 2. The number of nitrogens with one attached hydrogen (secondary N) is 2. The fourth-order valence-electron chi connectivity index (χ4n) is 5.29. The number of carbonyl (C=O) groups excluding carboxylic acids is 2. The van der Waals surface area contributed by atoms with Gasteiger partial charge in [0, 0.05) is 43.2 Å². The quantitative estimate of drug-likeness (QED) is 0.515. The van der Waals surface area contributed by atoms with Crippen LogP contribution in [-0.2, 0) is 11.2 Å². The van der Waals surface area contributed by atoms with Gasteiger partial charge in [-0.25, -0.2) is 4.79 Å². The Morgan fingerprint density at radius 2 is 1.89 bits per heavy atom. The minimum Gasteiger partial charge on any atom is -0.493 e. The molecule has 0 saturated carbocycles. The van der Waals surface area contributed by atoms with Crippen LogP contribution < -0.4 is 20.1 Å². The van der Waals surface area contributed by atoms with Gasteiger partial charge in [0.1, 0.15) is 0 Å². The maximum absolute atomic E-state index is 13.6. The smallest absolute Gasteiger partial charge is 0.321 e. The monoisotopic (exact) mass is 528 g/mol. The number of piperidine rings is 1. The predicted molar refractivity (Wildman–Crippen MR) is 145 cm³/mol. The SMILES string of the molecule is CC[C@H](C)[C@H]1NC2(CCN(C(=O)Nc3cccc(Cl)c3)CC2)N(CCc2ccc(OC)c(OC)c2)C1=O. The average molecular weight is 529 g/mol. The summed E-state index contributed by atoms with van der Waals surface area (Å²) in [5.74, 6) is 1.73. The third-order valence-corrected chi connectivity index (χ3v) is 7.95. The Bertz CT molecular complexity index is 1120. The molecule has 2 saturated heterocycles. The summed E-state index contributed by atoms with van der Waals surface area (Å²) in [6.45, 7) is 5.92. The average Bonchev–Trinajstić information content (AvgIpc) is 3.17. The second kappa shape index (κ2) is 11.6. The second-order valence-electron chi connectivity index (χ2n) is 9.90. The number of carbonyl (C=O) groups is 2. The lowest BCUT2D eigenvalue weighted by Gasteiger charge is -2.44. The third kappa shape index (κ3) is 5.80. The fourth-order valence-corrected chi connectivity index (χ4v) is 5.48. The van der Waals surface area contributed by atoms with Crippen molar-refractivity contribution in [1.82, 2.24) is 15.1 Å². The van der Waals surface area contributed by atoms with E-state index >= 15 is 0 Å². The van der Waals surface area contributed by atoms with E-state index in [1.54, 1.807) is 31.3 Å².